The molecule has 0 fully saturated rings. The molecule has 0 saturated carbocycles. The van der Waals surface area contributed by atoms with Crippen LogP contribution in [0.5, 0.6) is 0 Å². The molecule has 0 N–H and O–H groups in total. The normalized spacial score (nSPS) is 11.8. The van der Waals surface area contributed by atoms with Gasteiger partial charge in [-0.15, -0.1) is 0 Å². The summed E-state index contributed by atoms with van der Waals surface area (Å²) in [4.78, 5) is 8.76. The maximum Gasteiger partial charge on any atom is 0.154 e. The molecule has 0 saturated heterocycles. The highest BCUT2D eigenvalue weighted by atomic mass is 16.5. The molecule has 0 atom stereocenters. The Bertz CT molecular complexity index is 316. The van der Waals surface area contributed by atoms with E-state index in [0.29, 0.717) is 6.61 Å². The van der Waals surface area contributed by atoms with Crippen molar-refractivity contribution in [2.24, 2.45) is 0 Å². The minimum atomic E-state index is 0.0657. The van der Waals surface area contributed by atoms with Crippen LogP contribution in [0, 0.1) is 6.92 Å². The Morgan fingerprint density at radius 3 is 2.43 bits per heavy atom. The molecule has 1 aromatic heterocycles. The van der Waals surface area contributed by atoms with Crippen molar-refractivity contribution in [1.29, 1.82) is 0 Å². The lowest BCUT2D eigenvalue weighted by Crippen LogP contribution is -2.16. The average Bonchev–Trinajstić information content (AvgIpc) is 2.02. The third-order valence-corrected chi connectivity index (χ3v) is 1.94. The molecule has 0 unspecified atom stereocenters. The highest BCUT2D eigenvalue weighted by Crippen LogP contribution is 2.20. The van der Waals surface area contributed by atoms with Crippen molar-refractivity contribution in [3.05, 3.63) is 23.3 Å². The van der Waals surface area contributed by atoms with Gasteiger partial charge in [-0.1, -0.05) is 20.8 Å². The lowest BCUT2D eigenvalue weighted by molar-refractivity contribution is 0.177. The molecule has 14 heavy (non-hydrogen) atoms. The van der Waals surface area contributed by atoms with Crippen molar-refractivity contribution >= 4 is 0 Å². The van der Waals surface area contributed by atoms with Gasteiger partial charge >= 0.3 is 0 Å². The molecule has 0 aliphatic heterocycles. The van der Waals surface area contributed by atoms with Crippen LogP contribution in [0.3, 0.4) is 0 Å². The fraction of sp³-hybridized carbons (Fsp3) is 0.636. The largest absolute Gasteiger partial charge is 0.377 e. The van der Waals surface area contributed by atoms with E-state index in [4.69, 9.17) is 4.74 Å². The Morgan fingerprint density at radius 2 is 1.93 bits per heavy atom. The Balaban J connectivity index is 3.07. The number of rotatable bonds is 2. The van der Waals surface area contributed by atoms with E-state index in [0.717, 1.165) is 17.2 Å². The lowest BCUT2D eigenvalue weighted by Gasteiger charge is -2.18. The summed E-state index contributed by atoms with van der Waals surface area (Å²) >= 11 is 0. The monoisotopic (exact) mass is 194 g/mol. The van der Waals surface area contributed by atoms with Crippen LogP contribution in [0.4, 0.5) is 0 Å². The second kappa shape index (κ2) is 4.05. The first-order valence-corrected chi connectivity index (χ1v) is 4.77. The lowest BCUT2D eigenvalue weighted by atomic mass is 9.91. The first-order chi connectivity index (χ1) is 6.43. The number of hydrogen-bond donors (Lipinski definition) is 0. The Morgan fingerprint density at radius 1 is 1.29 bits per heavy atom. The van der Waals surface area contributed by atoms with E-state index in [2.05, 4.69) is 30.7 Å². The molecule has 3 nitrogen and oxygen atoms in total. The molecule has 0 amide bonds. The van der Waals surface area contributed by atoms with Gasteiger partial charge in [0.1, 0.15) is 6.61 Å². The van der Waals surface area contributed by atoms with Gasteiger partial charge in [0, 0.05) is 23.9 Å². The Labute approximate surface area is 85.5 Å². The summed E-state index contributed by atoms with van der Waals surface area (Å²) in [7, 11) is 1.66. The number of nitrogens with zero attached hydrogens (tertiary/aromatic N) is 2. The molecule has 0 radical (unpaired) electrons. The van der Waals surface area contributed by atoms with E-state index in [1.165, 1.54) is 0 Å². The van der Waals surface area contributed by atoms with E-state index in [-0.39, 0.29) is 5.41 Å². The molecule has 0 aromatic carbocycles. The average molecular weight is 194 g/mol. The fourth-order valence-electron chi connectivity index (χ4n) is 1.21. The van der Waals surface area contributed by atoms with Gasteiger partial charge in [0.2, 0.25) is 0 Å². The van der Waals surface area contributed by atoms with Crippen molar-refractivity contribution in [2.75, 3.05) is 7.11 Å². The van der Waals surface area contributed by atoms with Crippen molar-refractivity contribution in [2.45, 2.75) is 39.7 Å². The third kappa shape index (κ3) is 2.77. The zero-order valence-electron chi connectivity index (χ0n) is 9.59. The van der Waals surface area contributed by atoms with Gasteiger partial charge in [-0.25, -0.2) is 9.97 Å². The highest BCUT2D eigenvalue weighted by Gasteiger charge is 2.16. The molecule has 1 heterocycles. The number of aromatic nitrogens is 2. The van der Waals surface area contributed by atoms with Gasteiger partial charge in [0.05, 0.1) is 0 Å². The standard InChI is InChI=1S/C11H18N2O/c1-8-6-9(11(2,3)4)13-10(12-8)7-14-5/h6H,7H2,1-5H3. The van der Waals surface area contributed by atoms with Crippen LogP contribution in [0.15, 0.2) is 6.07 Å². The summed E-state index contributed by atoms with van der Waals surface area (Å²) in [6.07, 6.45) is 0. The first-order valence-electron chi connectivity index (χ1n) is 4.77. The molecule has 1 rings (SSSR count). The van der Waals surface area contributed by atoms with E-state index in [1.807, 2.05) is 13.0 Å². The van der Waals surface area contributed by atoms with Gasteiger partial charge < -0.3 is 4.74 Å². The van der Waals surface area contributed by atoms with Gasteiger partial charge in [-0.3, -0.25) is 0 Å². The molecule has 0 aliphatic rings. The van der Waals surface area contributed by atoms with Gasteiger partial charge in [-0.05, 0) is 13.0 Å². The molecule has 3 heteroatoms. The van der Waals surface area contributed by atoms with E-state index in [9.17, 15) is 0 Å². The number of hydrogen-bond acceptors (Lipinski definition) is 3. The number of ether oxygens (including phenoxy) is 1. The highest BCUT2D eigenvalue weighted by molar-refractivity contribution is 5.17. The predicted octanol–water partition coefficient (Wildman–Crippen LogP) is 2.23. The maximum absolute atomic E-state index is 5.03. The third-order valence-electron chi connectivity index (χ3n) is 1.94. The van der Waals surface area contributed by atoms with E-state index < -0.39 is 0 Å². The van der Waals surface area contributed by atoms with Gasteiger partial charge in [0.15, 0.2) is 5.82 Å². The van der Waals surface area contributed by atoms with Gasteiger partial charge in [-0.2, -0.15) is 0 Å². The molecule has 1 aromatic rings. The Hall–Kier alpha value is -0.960. The van der Waals surface area contributed by atoms with Crippen LogP contribution in [0.1, 0.15) is 38.0 Å². The number of methoxy groups -OCH3 is 1. The van der Waals surface area contributed by atoms with Crippen LogP contribution in [-0.4, -0.2) is 17.1 Å². The molecule has 0 spiro atoms. The predicted molar refractivity (Wildman–Crippen MR) is 56.2 cm³/mol. The van der Waals surface area contributed by atoms with Crippen molar-refractivity contribution in [3.63, 3.8) is 0 Å². The van der Waals surface area contributed by atoms with Crippen LogP contribution in [-0.2, 0) is 16.8 Å². The summed E-state index contributed by atoms with van der Waals surface area (Å²) in [5, 5.41) is 0. The molecular formula is C11H18N2O. The van der Waals surface area contributed by atoms with Crippen LogP contribution >= 0.6 is 0 Å². The van der Waals surface area contributed by atoms with Crippen LogP contribution < -0.4 is 0 Å². The SMILES string of the molecule is COCc1nc(C)cc(C(C)(C)C)n1. The summed E-state index contributed by atoms with van der Waals surface area (Å²) in [6, 6.07) is 2.03. The summed E-state index contributed by atoms with van der Waals surface area (Å²) in [5.41, 5.74) is 2.13. The summed E-state index contributed by atoms with van der Waals surface area (Å²) in [5.74, 6) is 0.762. The minimum Gasteiger partial charge on any atom is -0.377 e. The van der Waals surface area contributed by atoms with E-state index in [1.54, 1.807) is 7.11 Å². The van der Waals surface area contributed by atoms with Crippen LogP contribution in [0.25, 0.3) is 0 Å². The zero-order valence-corrected chi connectivity index (χ0v) is 9.59. The smallest absolute Gasteiger partial charge is 0.154 e. The number of aryl methyl sites for hydroxylation is 1. The fourth-order valence-corrected chi connectivity index (χ4v) is 1.21. The second-order valence-electron chi connectivity index (χ2n) is 4.49. The minimum absolute atomic E-state index is 0.0657. The summed E-state index contributed by atoms with van der Waals surface area (Å²) < 4.78 is 5.03. The van der Waals surface area contributed by atoms with Gasteiger partial charge in [0.25, 0.3) is 0 Å². The molecule has 0 bridgehead atoms. The van der Waals surface area contributed by atoms with Crippen LogP contribution in [0.2, 0.25) is 0 Å². The van der Waals surface area contributed by atoms with Crippen molar-refractivity contribution < 1.29 is 4.74 Å². The quantitative estimate of drug-likeness (QED) is 0.724. The first kappa shape index (κ1) is 11.1. The topological polar surface area (TPSA) is 35.0 Å². The zero-order chi connectivity index (χ0) is 10.8. The molecule has 78 valence electrons. The second-order valence-corrected chi connectivity index (χ2v) is 4.49. The van der Waals surface area contributed by atoms with E-state index >= 15 is 0 Å². The molecular weight excluding hydrogens is 176 g/mol. The molecule has 0 aliphatic carbocycles. The van der Waals surface area contributed by atoms with Crippen molar-refractivity contribution in [1.82, 2.24) is 9.97 Å². The maximum atomic E-state index is 5.03. The van der Waals surface area contributed by atoms with Crippen molar-refractivity contribution in [3.8, 4) is 0 Å². The summed E-state index contributed by atoms with van der Waals surface area (Å²) in [6.45, 7) is 8.89. The Kier molecular flexibility index (Phi) is 3.21.